The highest BCUT2D eigenvalue weighted by atomic mass is 35.5. The number of halogens is 3. The Morgan fingerprint density at radius 1 is 1.47 bits per heavy atom. The number of hydrogen-bond donors (Lipinski definition) is 1. The van der Waals surface area contributed by atoms with E-state index < -0.39 is 0 Å². The third-order valence-electron chi connectivity index (χ3n) is 3.09. The molecule has 1 aromatic rings. The Balaban J connectivity index is 0.00000144. The molecule has 98 valence electrons. The van der Waals surface area contributed by atoms with Crippen LogP contribution in [-0.4, -0.2) is 24.5 Å². The molecule has 0 saturated carbocycles. The van der Waals surface area contributed by atoms with E-state index in [0.717, 1.165) is 36.8 Å². The topological polar surface area (TPSA) is 29.3 Å². The summed E-state index contributed by atoms with van der Waals surface area (Å²) < 4.78 is 0.698. The van der Waals surface area contributed by atoms with E-state index in [9.17, 15) is 0 Å². The average Bonchev–Trinajstić information content (AvgIpc) is 2.61. The minimum Gasteiger partial charge on any atom is -0.330 e. The summed E-state index contributed by atoms with van der Waals surface area (Å²) in [4.78, 5) is 2.42. The molecule has 2 nitrogen and oxygen atoms in total. The van der Waals surface area contributed by atoms with Crippen LogP contribution in [0.3, 0.4) is 0 Å². The van der Waals surface area contributed by atoms with Crippen LogP contribution >= 0.6 is 46.9 Å². The molecule has 1 aliphatic heterocycles. The fourth-order valence-electron chi connectivity index (χ4n) is 2.19. The van der Waals surface area contributed by atoms with Gasteiger partial charge in [0.2, 0.25) is 0 Å². The normalized spacial score (nSPS) is 21.2. The van der Waals surface area contributed by atoms with Crippen molar-refractivity contribution in [3.63, 3.8) is 0 Å². The van der Waals surface area contributed by atoms with Gasteiger partial charge in [0.15, 0.2) is 0 Å². The molecule has 0 aromatic carbocycles. The van der Waals surface area contributed by atoms with Crippen molar-refractivity contribution in [1.29, 1.82) is 0 Å². The predicted molar refractivity (Wildman–Crippen MR) is 78.6 cm³/mol. The van der Waals surface area contributed by atoms with Gasteiger partial charge in [-0.3, -0.25) is 4.90 Å². The largest absolute Gasteiger partial charge is 0.330 e. The van der Waals surface area contributed by atoms with Crippen molar-refractivity contribution in [2.24, 2.45) is 11.7 Å². The quantitative estimate of drug-likeness (QED) is 0.922. The molecule has 0 radical (unpaired) electrons. The van der Waals surface area contributed by atoms with Crippen LogP contribution in [-0.2, 0) is 6.54 Å². The van der Waals surface area contributed by atoms with E-state index in [4.69, 9.17) is 28.9 Å². The first-order valence-corrected chi connectivity index (χ1v) is 7.18. The van der Waals surface area contributed by atoms with Gasteiger partial charge in [-0.1, -0.05) is 23.2 Å². The van der Waals surface area contributed by atoms with Gasteiger partial charge in [-0.2, -0.15) is 0 Å². The number of nitrogens with zero attached hydrogens (tertiary/aromatic N) is 1. The third kappa shape index (κ3) is 3.98. The Morgan fingerprint density at radius 3 is 2.82 bits per heavy atom. The second-order valence-electron chi connectivity index (χ2n) is 4.33. The Kier molecular flexibility index (Phi) is 6.56. The van der Waals surface area contributed by atoms with Gasteiger partial charge in [0.25, 0.3) is 0 Å². The summed E-state index contributed by atoms with van der Waals surface area (Å²) in [7, 11) is 0. The summed E-state index contributed by atoms with van der Waals surface area (Å²) in [5.41, 5.74) is 6.87. The van der Waals surface area contributed by atoms with E-state index in [0.29, 0.717) is 10.3 Å². The molecular formula is C11H17Cl3N2S. The first kappa shape index (κ1) is 15.5. The number of thiophene rings is 1. The maximum atomic E-state index is 6.13. The second kappa shape index (κ2) is 7.17. The molecule has 0 aliphatic carbocycles. The first-order valence-electron chi connectivity index (χ1n) is 5.54. The van der Waals surface area contributed by atoms with Gasteiger partial charge in [0.05, 0.1) is 5.02 Å². The van der Waals surface area contributed by atoms with Gasteiger partial charge in [-0.05, 0) is 42.8 Å². The lowest BCUT2D eigenvalue weighted by Crippen LogP contribution is -2.37. The molecule has 1 saturated heterocycles. The van der Waals surface area contributed by atoms with Gasteiger partial charge < -0.3 is 5.73 Å². The molecule has 2 heterocycles. The van der Waals surface area contributed by atoms with E-state index in [-0.39, 0.29) is 12.4 Å². The molecule has 1 aliphatic rings. The summed E-state index contributed by atoms with van der Waals surface area (Å²) in [6.07, 6.45) is 2.49. The maximum absolute atomic E-state index is 6.13. The fourth-order valence-corrected chi connectivity index (χ4v) is 3.43. The van der Waals surface area contributed by atoms with Crippen LogP contribution < -0.4 is 5.73 Å². The van der Waals surface area contributed by atoms with E-state index in [1.165, 1.54) is 24.2 Å². The second-order valence-corrected chi connectivity index (χ2v) is 6.19. The Hall–Kier alpha value is 0.490. The number of piperidine rings is 1. The average molecular weight is 316 g/mol. The van der Waals surface area contributed by atoms with Crippen LogP contribution in [0.25, 0.3) is 0 Å². The standard InChI is InChI=1S/C11H16Cl2N2S.ClH/c12-10-9(7-16-11(10)13)6-15-3-1-2-8(4-14)5-15;/h7-8H,1-6,14H2;1H. The van der Waals surface area contributed by atoms with Gasteiger partial charge in [0.1, 0.15) is 4.34 Å². The SMILES string of the molecule is Cl.NCC1CCCN(Cc2csc(Cl)c2Cl)C1. The molecule has 1 unspecified atom stereocenters. The molecule has 1 atom stereocenters. The van der Waals surface area contributed by atoms with Gasteiger partial charge in [-0.15, -0.1) is 23.7 Å². The Labute approximate surface area is 122 Å². The highest BCUT2D eigenvalue weighted by molar-refractivity contribution is 7.15. The van der Waals surface area contributed by atoms with Crippen molar-refractivity contribution in [2.45, 2.75) is 19.4 Å². The van der Waals surface area contributed by atoms with E-state index >= 15 is 0 Å². The predicted octanol–water partition coefficient (Wildman–Crippen LogP) is 3.65. The molecule has 1 fully saturated rings. The molecule has 6 heteroatoms. The summed E-state index contributed by atoms with van der Waals surface area (Å²) in [6.45, 7) is 3.91. The number of rotatable bonds is 3. The minimum atomic E-state index is 0. The third-order valence-corrected chi connectivity index (χ3v) is 5.00. The Bertz CT molecular complexity index is 356. The van der Waals surface area contributed by atoms with E-state index in [1.54, 1.807) is 0 Å². The number of hydrogen-bond acceptors (Lipinski definition) is 3. The molecule has 2 N–H and O–H groups in total. The number of nitrogens with two attached hydrogens (primary N) is 1. The van der Waals surface area contributed by atoms with Crippen LogP contribution in [0.15, 0.2) is 5.38 Å². The first-order chi connectivity index (χ1) is 7.70. The molecule has 0 amide bonds. The van der Waals surface area contributed by atoms with E-state index in [2.05, 4.69) is 10.3 Å². The van der Waals surface area contributed by atoms with Crippen LogP contribution in [0.1, 0.15) is 18.4 Å². The summed E-state index contributed by atoms with van der Waals surface area (Å²) in [5.74, 6) is 0.640. The van der Waals surface area contributed by atoms with Crippen molar-refractivity contribution in [2.75, 3.05) is 19.6 Å². The van der Waals surface area contributed by atoms with Crippen LogP contribution in [0, 0.1) is 5.92 Å². The molecule has 17 heavy (non-hydrogen) atoms. The van der Waals surface area contributed by atoms with Crippen molar-refractivity contribution in [3.8, 4) is 0 Å². The fraction of sp³-hybridized carbons (Fsp3) is 0.636. The van der Waals surface area contributed by atoms with Crippen LogP contribution in [0.5, 0.6) is 0 Å². The lowest BCUT2D eigenvalue weighted by Gasteiger charge is -2.31. The minimum absolute atomic E-state index is 0. The van der Waals surface area contributed by atoms with E-state index in [1.807, 2.05) is 0 Å². The molecule has 0 spiro atoms. The molecule has 1 aromatic heterocycles. The lowest BCUT2D eigenvalue weighted by molar-refractivity contribution is 0.171. The zero-order valence-corrected chi connectivity index (χ0v) is 12.6. The lowest BCUT2D eigenvalue weighted by atomic mass is 9.98. The highest BCUT2D eigenvalue weighted by Crippen LogP contribution is 2.33. The van der Waals surface area contributed by atoms with Crippen molar-refractivity contribution in [1.82, 2.24) is 4.90 Å². The van der Waals surface area contributed by atoms with Gasteiger partial charge in [0, 0.05) is 13.1 Å². The smallest absolute Gasteiger partial charge is 0.112 e. The van der Waals surface area contributed by atoms with Gasteiger partial charge in [-0.25, -0.2) is 0 Å². The zero-order chi connectivity index (χ0) is 11.5. The highest BCUT2D eigenvalue weighted by Gasteiger charge is 2.20. The number of likely N-dealkylation sites (tertiary alicyclic amines) is 1. The summed E-state index contributed by atoms with van der Waals surface area (Å²) in [6, 6.07) is 0. The molecule has 0 bridgehead atoms. The zero-order valence-electron chi connectivity index (χ0n) is 9.49. The van der Waals surface area contributed by atoms with Crippen molar-refractivity contribution < 1.29 is 0 Å². The van der Waals surface area contributed by atoms with Crippen LogP contribution in [0.2, 0.25) is 9.36 Å². The van der Waals surface area contributed by atoms with Crippen molar-refractivity contribution >= 4 is 46.9 Å². The molecule has 2 rings (SSSR count). The summed E-state index contributed by atoms with van der Waals surface area (Å²) in [5, 5.41) is 2.78. The van der Waals surface area contributed by atoms with Crippen molar-refractivity contribution in [3.05, 3.63) is 20.3 Å². The maximum Gasteiger partial charge on any atom is 0.112 e. The summed E-state index contributed by atoms with van der Waals surface area (Å²) >= 11 is 13.6. The van der Waals surface area contributed by atoms with Gasteiger partial charge >= 0.3 is 0 Å². The van der Waals surface area contributed by atoms with Crippen LogP contribution in [0.4, 0.5) is 0 Å². The Morgan fingerprint density at radius 2 is 2.24 bits per heavy atom. The molecular weight excluding hydrogens is 299 g/mol. The monoisotopic (exact) mass is 314 g/mol.